The monoisotopic (exact) mass is 538 g/mol. The molecule has 1 aliphatic heterocycles. The van der Waals surface area contributed by atoms with Crippen LogP contribution in [0.3, 0.4) is 0 Å². The lowest BCUT2D eigenvalue weighted by Gasteiger charge is -2.31. The average molecular weight is 539 g/mol. The Kier molecular flexibility index (Phi) is 7.87. The van der Waals surface area contributed by atoms with Crippen LogP contribution in [-0.2, 0) is 4.79 Å². The number of amides is 3. The van der Waals surface area contributed by atoms with E-state index in [1.165, 1.54) is 6.07 Å². The Morgan fingerprint density at radius 3 is 2.41 bits per heavy atom. The zero-order valence-electron chi connectivity index (χ0n) is 20.6. The highest BCUT2D eigenvalue weighted by molar-refractivity contribution is 6.42. The van der Waals surface area contributed by atoms with Crippen LogP contribution in [0.4, 0.5) is 11.4 Å². The van der Waals surface area contributed by atoms with Gasteiger partial charge in [0.05, 0.1) is 33.9 Å². The topological polar surface area (TPSA) is 105 Å². The molecular formula is C28H28Cl2N4O3. The lowest BCUT2D eigenvalue weighted by atomic mass is 9.94. The molecule has 4 N–H and O–H groups in total. The fraction of sp³-hybridized carbons (Fsp3) is 0.250. The smallest absolute Gasteiger partial charge is 0.258 e. The molecule has 1 unspecified atom stereocenters. The summed E-state index contributed by atoms with van der Waals surface area (Å²) in [4.78, 5) is 41.4. The molecule has 0 saturated heterocycles. The maximum Gasteiger partial charge on any atom is 0.258 e. The first-order valence-corrected chi connectivity index (χ1v) is 12.6. The second kappa shape index (κ2) is 10.9. The summed E-state index contributed by atoms with van der Waals surface area (Å²) >= 11 is 12.3. The lowest BCUT2D eigenvalue weighted by molar-refractivity contribution is -0.116. The minimum atomic E-state index is -0.588. The number of anilines is 2. The molecule has 1 atom stereocenters. The second-order valence-corrected chi connectivity index (χ2v) is 10.6. The molecule has 0 aromatic heterocycles. The molecule has 0 spiro atoms. The average Bonchev–Trinajstić information content (AvgIpc) is 3.04. The fourth-order valence-corrected chi connectivity index (χ4v) is 4.38. The van der Waals surface area contributed by atoms with Crippen LogP contribution in [0, 0.1) is 5.41 Å². The van der Waals surface area contributed by atoms with Gasteiger partial charge in [-0.05, 0) is 53.9 Å². The second-order valence-electron chi connectivity index (χ2n) is 9.77. The number of fused-ring (bicyclic) bond motifs is 1. The predicted octanol–water partition coefficient (Wildman–Crippen LogP) is 5.44. The van der Waals surface area contributed by atoms with Crippen molar-refractivity contribution in [3.63, 3.8) is 0 Å². The number of hydrogen-bond donors (Lipinski definition) is 3. The van der Waals surface area contributed by atoms with Crippen molar-refractivity contribution in [2.75, 3.05) is 23.3 Å². The zero-order valence-corrected chi connectivity index (χ0v) is 22.1. The number of nitrogens with one attached hydrogen (secondary N) is 2. The highest BCUT2D eigenvalue weighted by Crippen LogP contribution is 2.40. The van der Waals surface area contributed by atoms with Crippen molar-refractivity contribution in [2.45, 2.75) is 26.3 Å². The highest BCUT2D eigenvalue weighted by Gasteiger charge is 2.34. The third kappa shape index (κ3) is 5.96. The zero-order chi connectivity index (χ0) is 26.7. The fourth-order valence-electron chi connectivity index (χ4n) is 4.08. The summed E-state index contributed by atoms with van der Waals surface area (Å²) in [6.45, 7) is 4.73. The lowest BCUT2D eigenvalue weighted by Crippen LogP contribution is -2.38. The molecule has 192 valence electrons. The summed E-state index contributed by atoms with van der Waals surface area (Å²) in [6, 6.07) is 18.3. The molecular weight excluding hydrogens is 511 g/mol. The molecule has 37 heavy (non-hydrogen) atoms. The van der Waals surface area contributed by atoms with Gasteiger partial charge in [0, 0.05) is 17.7 Å². The number of rotatable bonds is 6. The summed E-state index contributed by atoms with van der Waals surface area (Å²) in [5, 5.41) is 6.35. The molecule has 3 aromatic rings. The first-order valence-electron chi connectivity index (χ1n) is 11.9. The minimum absolute atomic E-state index is 0.0258. The van der Waals surface area contributed by atoms with Crippen LogP contribution in [0.1, 0.15) is 52.6 Å². The number of hydrogen-bond acceptors (Lipinski definition) is 4. The van der Waals surface area contributed by atoms with Gasteiger partial charge in [0.2, 0.25) is 5.91 Å². The van der Waals surface area contributed by atoms with Crippen molar-refractivity contribution < 1.29 is 14.4 Å². The van der Waals surface area contributed by atoms with Crippen LogP contribution in [0.15, 0.2) is 66.7 Å². The van der Waals surface area contributed by atoms with Crippen LogP contribution < -0.4 is 21.3 Å². The normalized spacial score (nSPS) is 15.4. The van der Waals surface area contributed by atoms with Crippen LogP contribution >= 0.6 is 23.2 Å². The molecule has 0 bridgehead atoms. The summed E-state index contributed by atoms with van der Waals surface area (Å²) in [6.07, 6.45) is 0.0258. The SMILES string of the molecule is CC(C)(CN)CNC(=O)c1ccc2c(c1)NC(=O)CC(c1ccccc1)N2C(=O)c1ccc(Cl)c(Cl)c1. The maximum atomic E-state index is 13.9. The van der Waals surface area contributed by atoms with Gasteiger partial charge in [0.1, 0.15) is 0 Å². The van der Waals surface area contributed by atoms with Crippen molar-refractivity contribution >= 4 is 52.3 Å². The van der Waals surface area contributed by atoms with E-state index in [0.717, 1.165) is 5.56 Å². The van der Waals surface area contributed by atoms with Gasteiger partial charge in [0.25, 0.3) is 11.8 Å². The van der Waals surface area contributed by atoms with Gasteiger partial charge in [-0.1, -0.05) is 67.4 Å². The number of benzene rings is 3. The highest BCUT2D eigenvalue weighted by atomic mass is 35.5. The molecule has 4 rings (SSSR count). The summed E-state index contributed by atoms with van der Waals surface area (Å²) in [5.74, 6) is -0.932. The van der Waals surface area contributed by atoms with E-state index in [1.54, 1.807) is 35.2 Å². The molecule has 3 amide bonds. The molecule has 0 aliphatic carbocycles. The molecule has 0 fully saturated rings. The quantitative estimate of drug-likeness (QED) is 0.388. The summed E-state index contributed by atoms with van der Waals surface area (Å²) < 4.78 is 0. The van der Waals surface area contributed by atoms with Gasteiger partial charge in [-0.2, -0.15) is 0 Å². The van der Waals surface area contributed by atoms with E-state index in [2.05, 4.69) is 10.6 Å². The van der Waals surface area contributed by atoms with Crippen LogP contribution in [0.25, 0.3) is 0 Å². The van der Waals surface area contributed by atoms with Gasteiger partial charge in [-0.15, -0.1) is 0 Å². The number of halogens is 2. The van der Waals surface area contributed by atoms with Crippen LogP contribution in [0.2, 0.25) is 10.0 Å². The Hall–Kier alpha value is -3.39. The first-order chi connectivity index (χ1) is 17.6. The van der Waals surface area contributed by atoms with Crippen molar-refractivity contribution in [1.82, 2.24) is 5.32 Å². The van der Waals surface area contributed by atoms with E-state index in [1.807, 2.05) is 44.2 Å². The molecule has 0 saturated carbocycles. The molecule has 7 nitrogen and oxygen atoms in total. The Labute approximate surface area is 225 Å². The third-order valence-corrected chi connectivity index (χ3v) is 7.07. The minimum Gasteiger partial charge on any atom is -0.351 e. The number of carbonyl (C=O) groups excluding carboxylic acids is 3. The van der Waals surface area contributed by atoms with E-state index >= 15 is 0 Å². The molecule has 0 radical (unpaired) electrons. The summed E-state index contributed by atoms with van der Waals surface area (Å²) in [5.41, 5.74) is 7.81. The third-order valence-electron chi connectivity index (χ3n) is 6.33. The molecule has 9 heteroatoms. The number of nitrogens with zero attached hydrogens (tertiary/aromatic N) is 1. The van der Waals surface area contributed by atoms with E-state index < -0.39 is 6.04 Å². The standard InChI is InChI=1S/C28H28Cl2N4O3/c1-28(2,15-31)16-32-26(36)18-9-11-23-22(13-18)33-25(35)14-24(17-6-4-3-5-7-17)34(23)27(37)19-8-10-20(29)21(30)12-19/h3-13,24H,14-16,31H2,1-2H3,(H,32,36)(H,33,35). The van der Waals surface area contributed by atoms with Gasteiger partial charge in [0.15, 0.2) is 0 Å². The van der Waals surface area contributed by atoms with E-state index in [4.69, 9.17) is 28.9 Å². The Balaban J connectivity index is 1.78. The van der Waals surface area contributed by atoms with Crippen molar-refractivity contribution in [3.05, 3.63) is 93.5 Å². The predicted molar refractivity (Wildman–Crippen MR) is 147 cm³/mol. The maximum absolute atomic E-state index is 13.9. The molecule has 1 aliphatic rings. The molecule has 3 aromatic carbocycles. The molecule has 1 heterocycles. The number of nitrogens with two attached hydrogens (primary N) is 1. The van der Waals surface area contributed by atoms with Gasteiger partial charge < -0.3 is 16.4 Å². The van der Waals surface area contributed by atoms with Crippen molar-refractivity contribution in [1.29, 1.82) is 0 Å². The first kappa shape index (κ1) is 26.7. The van der Waals surface area contributed by atoms with E-state index in [-0.39, 0.29) is 34.6 Å². The Bertz CT molecular complexity index is 1340. The van der Waals surface area contributed by atoms with Crippen LogP contribution in [0.5, 0.6) is 0 Å². The Morgan fingerprint density at radius 2 is 1.73 bits per heavy atom. The largest absolute Gasteiger partial charge is 0.351 e. The summed E-state index contributed by atoms with van der Waals surface area (Å²) in [7, 11) is 0. The van der Waals surface area contributed by atoms with Gasteiger partial charge in [-0.25, -0.2) is 0 Å². The van der Waals surface area contributed by atoms with Gasteiger partial charge >= 0.3 is 0 Å². The van der Waals surface area contributed by atoms with Crippen LogP contribution in [-0.4, -0.2) is 30.8 Å². The number of carbonyl (C=O) groups is 3. The van der Waals surface area contributed by atoms with E-state index in [0.29, 0.717) is 40.6 Å². The van der Waals surface area contributed by atoms with Crippen molar-refractivity contribution in [2.24, 2.45) is 11.1 Å². The Morgan fingerprint density at radius 1 is 1.03 bits per heavy atom. The van der Waals surface area contributed by atoms with E-state index in [9.17, 15) is 14.4 Å². The van der Waals surface area contributed by atoms with Gasteiger partial charge in [-0.3, -0.25) is 19.3 Å². The van der Waals surface area contributed by atoms with Crippen molar-refractivity contribution in [3.8, 4) is 0 Å².